The predicted molar refractivity (Wildman–Crippen MR) is 78.1 cm³/mol. The molecule has 1 aromatic heterocycles. The minimum Gasteiger partial charge on any atom is -0.434 e. The van der Waals surface area contributed by atoms with E-state index in [2.05, 4.69) is 18.7 Å². The highest BCUT2D eigenvalue weighted by molar-refractivity contribution is 5.88. The lowest BCUT2D eigenvalue weighted by Gasteiger charge is -2.21. The molecule has 0 fully saturated rings. The number of furan rings is 1. The molecular formula is C15H18N2O3. The van der Waals surface area contributed by atoms with Crippen LogP contribution >= 0.6 is 0 Å². The number of nitrogens with zero attached hydrogens (tertiary/aromatic N) is 1. The van der Waals surface area contributed by atoms with Crippen molar-refractivity contribution in [3.63, 3.8) is 0 Å². The van der Waals surface area contributed by atoms with Crippen molar-refractivity contribution in [1.29, 1.82) is 0 Å². The number of rotatable bonds is 5. The normalized spacial score (nSPS) is 10.3. The summed E-state index contributed by atoms with van der Waals surface area (Å²) in [4.78, 5) is 14.0. The number of carbonyl (C=O) groups excluding carboxylic acids is 1. The van der Waals surface area contributed by atoms with Crippen molar-refractivity contribution in [1.82, 2.24) is 0 Å². The van der Waals surface area contributed by atoms with Gasteiger partial charge in [-0.25, -0.2) is 4.79 Å². The summed E-state index contributed by atoms with van der Waals surface area (Å²) in [5.41, 5.74) is 6.44. The van der Waals surface area contributed by atoms with Crippen LogP contribution in [0.4, 0.5) is 11.6 Å². The molecular weight excluding hydrogens is 256 g/mol. The van der Waals surface area contributed by atoms with Gasteiger partial charge in [-0.3, -0.25) is 0 Å². The molecule has 0 atom stereocenters. The Bertz CT molecular complexity index is 588. The van der Waals surface area contributed by atoms with Gasteiger partial charge >= 0.3 is 5.97 Å². The smallest absolute Gasteiger partial charge is 0.379 e. The van der Waals surface area contributed by atoms with E-state index in [1.807, 2.05) is 18.2 Å². The van der Waals surface area contributed by atoms with E-state index in [9.17, 15) is 4.79 Å². The van der Waals surface area contributed by atoms with Crippen LogP contribution in [-0.4, -0.2) is 19.1 Å². The van der Waals surface area contributed by atoms with Crippen molar-refractivity contribution in [2.75, 3.05) is 23.7 Å². The fourth-order valence-corrected chi connectivity index (χ4v) is 1.95. The first-order valence-electron chi connectivity index (χ1n) is 6.56. The molecule has 0 amide bonds. The maximum Gasteiger partial charge on any atom is 0.379 e. The van der Waals surface area contributed by atoms with Crippen molar-refractivity contribution in [3.8, 4) is 5.75 Å². The lowest BCUT2D eigenvalue weighted by molar-refractivity contribution is 0.0702. The Kier molecular flexibility index (Phi) is 4.30. The van der Waals surface area contributed by atoms with Crippen LogP contribution in [-0.2, 0) is 0 Å². The Balaban J connectivity index is 2.13. The van der Waals surface area contributed by atoms with Crippen LogP contribution < -0.4 is 15.4 Å². The summed E-state index contributed by atoms with van der Waals surface area (Å²) in [6.45, 7) is 5.94. The van der Waals surface area contributed by atoms with Crippen molar-refractivity contribution in [2.45, 2.75) is 13.8 Å². The third-order valence-electron chi connectivity index (χ3n) is 2.98. The van der Waals surface area contributed by atoms with Gasteiger partial charge in [0.25, 0.3) is 0 Å². The first kappa shape index (κ1) is 14.0. The molecule has 106 valence electrons. The molecule has 0 aliphatic carbocycles. The minimum atomic E-state index is -0.557. The van der Waals surface area contributed by atoms with Crippen molar-refractivity contribution in [3.05, 3.63) is 42.2 Å². The van der Waals surface area contributed by atoms with Crippen molar-refractivity contribution < 1.29 is 13.9 Å². The molecule has 1 heterocycles. The number of benzene rings is 1. The zero-order valence-corrected chi connectivity index (χ0v) is 11.6. The Morgan fingerprint density at radius 2 is 2.00 bits per heavy atom. The number of ether oxygens (including phenoxy) is 1. The Labute approximate surface area is 117 Å². The summed E-state index contributed by atoms with van der Waals surface area (Å²) < 4.78 is 10.3. The number of nitrogen functional groups attached to an aromatic ring is 1. The number of carbonyl (C=O) groups is 1. The predicted octanol–water partition coefficient (Wildman–Crippen LogP) is 2.93. The fourth-order valence-electron chi connectivity index (χ4n) is 1.95. The largest absolute Gasteiger partial charge is 0.434 e. The van der Waals surface area contributed by atoms with Crippen LogP contribution in [0, 0.1) is 0 Å². The van der Waals surface area contributed by atoms with E-state index in [-0.39, 0.29) is 11.6 Å². The zero-order valence-electron chi connectivity index (χ0n) is 11.6. The summed E-state index contributed by atoms with van der Waals surface area (Å²) in [5.74, 6) is 0.206. The molecule has 0 aliphatic heterocycles. The lowest BCUT2D eigenvalue weighted by Crippen LogP contribution is -2.21. The first-order valence-corrected chi connectivity index (χ1v) is 6.56. The van der Waals surface area contributed by atoms with Gasteiger partial charge in [-0.05, 0) is 32.0 Å². The number of nitrogens with two attached hydrogens (primary N) is 1. The molecule has 0 saturated carbocycles. The van der Waals surface area contributed by atoms with E-state index < -0.39 is 5.97 Å². The van der Waals surface area contributed by atoms with E-state index in [4.69, 9.17) is 14.9 Å². The third kappa shape index (κ3) is 3.12. The maximum absolute atomic E-state index is 11.9. The van der Waals surface area contributed by atoms with Crippen LogP contribution in [0.15, 0.2) is 40.8 Å². The SMILES string of the molecule is CCN(CC)c1cccc(OC(=O)c2ccc(N)o2)c1. The topological polar surface area (TPSA) is 68.7 Å². The van der Waals surface area contributed by atoms with Crippen LogP contribution in [0.2, 0.25) is 0 Å². The van der Waals surface area contributed by atoms with Gasteiger partial charge in [0.15, 0.2) is 5.88 Å². The van der Waals surface area contributed by atoms with Crippen LogP contribution in [0.5, 0.6) is 5.75 Å². The molecule has 5 heteroatoms. The quantitative estimate of drug-likeness (QED) is 0.670. The molecule has 0 saturated heterocycles. The number of esters is 1. The van der Waals surface area contributed by atoms with E-state index >= 15 is 0 Å². The minimum absolute atomic E-state index is 0.0933. The van der Waals surface area contributed by atoms with Gasteiger partial charge in [-0.15, -0.1) is 0 Å². The van der Waals surface area contributed by atoms with E-state index in [1.165, 1.54) is 12.1 Å². The Morgan fingerprint density at radius 1 is 1.25 bits per heavy atom. The van der Waals surface area contributed by atoms with E-state index in [0.717, 1.165) is 18.8 Å². The summed E-state index contributed by atoms with van der Waals surface area (Å²) in [6, 6.07) is 10.4. The molecule has 20 heavy (non-hydrogen) atoms. The average molecular weight is 274 g/mol. The third-order valence-corrected chi connectivity index (χ3v) is 2.98. The number of anilines is 2. The zero-order chi connectivity index (χ0) is 14.5. The highest BCUT2D eigenvalue weighted by Gasteiger charge is 2.13. The summed E-state index contributed by atoms with van der Waals surface area (Å²) in [7, 11) is 0. The summed E-state index contributed by atoms with van der Waals surface area (Å²) in [6.07, 6.45) is 0. The van der Waals surface area contributed by atoms with Crippen LogP contribution in [0.1, 0.15) is 24.4 Å². The summed E-state index contributed by atoms with van der Waals surface area (Å²) in [5, 5.41) is 0. The molecule has 0 unspecified atom stereocenters. The van der Waals surface area contributed by atoms with Gasteiger partial charge in [0, 0.05) is 30.9 Å². The molecule has 0 bridgehead atoms. The number of hydrogen-bond acceptors (Lipinski definition) is 5. The Hall–Kier alpha value is -2.43. The second-order valence-corrected chi connectivity index (χ2v) is 4.26. The number of hydrogen-bond donors (Lipinski definition) is 1. The highest BCUT2D eigenvalue weighted by atomic mass is 16.5. The molecule has 0 spiro atoms. The lowest BCUT2D eigenvalue weighted by atomic mass is 10.2. The fraction of sp³-hybridized carbons (Fsp3) is 0.267. The monoisotopic (exact) mass is 274 g/mol. The van der Waals surface area contributed by atoms with E-state index in [0.29, 0.717) is 5.75 Å². The average Bonchev–Trinajstić information content (AvgIpc) is 2.87. The van der Waals surface area contributed by atoms with Gasteiger partial charge in [0.1, 0.15) is 5.75 Å². The van der Waals surface area contributed by atoms with Gasteiger partial charge in [-0.1, -0.05) is 6.07 Å². The standard InChI is InChI=1S/C15H18N2O3/c1-3-17(4-2)11-6-5-7-12(10-11)19-15(18)13-8-9-14(16)20-13/h5-10H,3-4,16H2,1-2H3. The Morgan fingerprint density at radius 3 is 2.60 bits per heavy atom. The second-order valence-electron chi connectivity index (χ2n) is 4.26. The first-order chi connectivity index (χ1) is 9.63. The van der Waals surface area contributed by atoms with Gasteiger partial charge in [0.2, 0.25) is 5.76 Å². The van der Waals surface area contributed by atoms with Gasteiger partial charge < -0.3 is 19.8 Å². The highest BCUT2D eigenvalue weighted by Crippen LogP contribution is 2.22. The summed E-state index contributed by atoms with van der Waals surface area (Å²) >= 11 is 0. The van der Waals surface area contributed by atoms with Crippen molar-refractivity contribution >= 4 is 17.5 Å². The molecule has 0 aliphatic rings. The molecule has 2 N–H and O–H groups in total. The second kappa shape index (κ2) is 6.14. The molecule has 1 aromatic carbocycles. The molecule has 2 aromatic rings. The molecule has 2 rings (SSSR count). The molecule has 5 nitrogen and oxygen atoms in total. The maximum atomic E-state index is 11.9. The van der Waals surface area contributed by atoms with Gasteiger partial charge in [0.05, 0.1) is 0 Å². The van der Waals surface area contributed by atoms with E-state index in [1.54, 1.807) is 6.07 Å². The van der Waals surface area contributed by atoms with Crippen LogP contribution in [0.25, 0.3) is 0 Å². The van der Waals surface area contributed by atoms with Gasteiger partial charge in [-0.2, -0.15) is 0 Å². The van der Waals surface area contributed by atoms with Crippen LogP contribution in [0.3, 0.4) is 0 Å². The molecule has 0 radical (unpaired) electrons. The van der Waals surface area contributed by atoms with Crippen molar-refractivity contribution in [2.24, 2.45) is 0 Å².